The van der Waals surface area contributed by atoms with Crippen molar-refractivity contribution in [1.29, 1.82) is 0 Å². The molecule has 1 fully saturated rings. The van der Waals surface area contributed by atoms with Gasteiger partial charge in [0.25, 0.3) is 5.91 Å². The van der Waals surface area contributed by atoms with Crippen LogP contribution in [0, 0.1) is 0 Å². The summed E-state index contributed by atoms with van der Waals surface area (Å²) >= 11 is 0. The summed E-state index contributed by atoms with van der Waals surface area (Å²) in [4.78, 5) is 24.6. The van der Waals surface area contributed by atoms with Crippen LogP contribution in [0.25, 0.3) is 0 Å². The van der Waals surface area contributed by atoms with Crippen LogP contribution in [0.2, 0.25) is 0 Å². The second kappa shape index (κ2) is 7.85. The van der Waals surface area contributed by atoms with E-state index in [1.807, 2.05) is 0 Å². The fraction of sp³-hybridized carbons (Fsp3) is 0.429. The number of ether oxygens (including phenoxy) is 1. The minimum Gasteiger partial charge on any atom is -0.484 e. The number of rotatable bonds is 4. The minimum atomic E-state index is -0.491. The maximum atomic E-state index is 12.0. The van der Waals surface area contributed by atoms with Crippen molar-refractivity contribution in [2.45, 2.75) is 18.9 Å². The number of likely N-dealkylation sites (tertiary alicyclic amines) is 1. The van der Waals surface area contributed by atoms with Gasteiger partial charge in [-0.1, -0.05) is 0 Å². The van der Waals surface area contributed by atoms with E-state index >= 15 is 0 Å². The summed E-state index contributed by atoms with van der Waals surface area (Å²) in [6.07, 6.45) is 1.89. The Morgan fingerprint density at radius 2 is 1.95 bits per heavy atom. The summed E-state index contributed by atoms with van der Waals surface area (Å²) < 4.78 is 5.41. The van der Waals surface area contributed by atoms with Crippen molar-refractivity contribution in [3.05, 3.63) is 29.8 Å². The Labute approximate surface area is 129 Å². The Bertz CT molecular complexity index is 493. The average molecular weight is 314 g/mol. The molecule has 4 N–H and O–H groups in total. The molecule has 1 heterocycles. The van der Waals surface area contributed by atoms with Crippen molar-refractivity contribution in [1.82, 2.24) is 4.90 Å². The van der Waals surface area contributed by atoms with Crippen LogP contribution in [-0.2, 0) is 4.79 Å². The van der Waals surface area contributed by atoms with Gasteiger partial charge in [0.05, 0.1) is 0 Å². The van der Waals surface area contributed by atoms with Gasteiger partial charge in [-0.25, -0.2) is 0 Å². The lowest BCUT2D eigenvalue weighted by Gasteiger charge is -2.30. The topological polar surface area (TPSA) is 98.7 Å². The number of carbonyl (C=O) groups excluding carboxylic acids is 2. The van der Waals surface area contributed by atoms with Crippen LogP contribution in [0.15, 0.2) is 24.3 Å². The van der Waals surface area contributed by atoms with E-state index in [9.17, 15) is 9.59 Å². The van der Waals surface area contributed by atoms with E-state index < -0.39 is 5.91 Å². The molecule has 1 atom stereocenters. The molecular formula is C14H20ClN3O3. The van der Waals surface area contributed by atoms with Gasteiger partial charge in [0, 0.05) is 24.7 Å². The molecule has 21 heavy (non-hydrogen) atoms. The van der Waals surface area contributed by atoms with Gasteiger partial charge in [-0.3, -0.25) is 9.59 Å². The zero-order valence-electron chi connectivity index (χ0n) is 11.7. The Morgan fingerprint density at radius 3 is 2.52 bits per heavy atom. The number of halogens is 1. The molecule has 2 amide bonds. The van der Waals surface area contributed by atoms with Crippen LogP contribution in [0.3, 0.4) is 0 Å². The zero-order chi connectivity index (χ0) is 14.5. The molecule has 0 spiro atoms. The van der Waals surface area contributed by atoms with E-state index in [1.165, 1.54) is 0 Å². The highest BCUT2D eigenvalue weighted by molar-refractivity contribution is 5.92. The number of piperidine rings is 1. The standard InChI is InChI=1S/C14H19N3O3.ClH/c15-11-2-1-7-17(8-11)13(18)9-20-12-5-3-10(4-6-12)14(16)19;/h3-6,11H,1-2,7-9,15H2,(H2,16,19);1H. The van der Waals surface area contributed by atoms with Crippen molar-refractivity contribution >= 4 is 24.2 Å². The van der Waals surface area contributed by atoms with Gasteiger partial charge in [0.15, 0.2) is 6.61 Å². The normalized spacial score (nSPS) is 17.8. The molecule has 1 saturated heterocycles. The molecule has 1 aromatic carbocycles. The minimum absolute atomic E-state index is 0. The quantitative estimate of drug-likeness (QED) is 0.847. The number of hydrogen-bond donors (Lipinski definition) is 2. The first-order chi connectivity index (χ1) is 9.56. The molecule has 116 valence electrons. The summed E-state index contributed by atoms with van der Waals surface area (Å²) in [6, 6.07) is 6.44. The van der Waals surface area contributed by atoms with E-state index in [-0.39, 0.29) is 31.0 Å². The summed E-state index contributed by atoms with van der Waals surface area (Å²) in [5.74, 6) is -0.0290. The van der Waals surface area contributed by atoms with Crippen molar-refractivity contribution in [3.63, 3.8) is 0 Å². The summed E-state index contributed by atoms with van der Waals surface area (Å²) in [7, 11) is 0. The molecular weight excluding hydrogens is 294 g/mol. The monoisotopic (exact) mass is 313 g/mol. The second-order valence-electron chi connectivity index (χ2n) is 4.92. The summed E-state index contributed by atoms with van der Waals surface area (Å²) in [5.41, 5.74) is 11.4. The van der Waals surface area contributed by atoms with Crippen LogP contribution in [0.5, 0.6) is 5.75 Å². The van der Waals surface area contributed by atoms with E-state index in [4.69, 9.17) is 16.2 Å². The fourth-order valence-electron chi connectivity index (χ4n) is 2.19. The lowest BCUT2D eigenvalue weighted by atomic mass is 10.1. The predicted molar refractivity (Wildman–Crippen MR) is 81.5 cm³/mol. The summed E-state index contributed by atoms with van der Waals surface area (Å²) in [6.45, 7) is 1.29. The number of hydrogen-bond acceptors (Lipinski definition) is 4. The van der Waals surface area contributed by atoms with Crippen molar-refractivity contribution in [2.24, 2.45) is 11.5 Å². The molecule has 0 saturated carbocycles. The van der Waals surface area contributed by atoms with Gasteiger partial charge in [0.2, 0.25) is 5.91 Å². The first kappa shape index (κ1) is 17.3. The maximum Gasteiger partial charge on any atom is 0.260 e. The van der Waals surface area contributed by atoms with Crippen molar-refractivity contribution in [2.75, 3.05) is 19.7 Å². The lowest BCUT2D eigenvalue weighted by Crippen LogP contribution is -2.47. The summed E-state index contributed by atoms with van der Waals surface area (Å²) in [5, 5.41) is 0. The number of primary amides is 1. The largest absolute Gasteiger partial charge is 0.484 e. The number of benzene rings is 1. The molecule has 0 aliphatic carbocycles. The molecule has 1 aromatic rings. The molecule has 1 aliphatic heterocycles. The molecule has 0 bridgehead atoms. The Hall–Kier alpha value is -1.79. The molecule has 6 nitrogen and oxygen atoms in total. The molecule has 0 aromatic heterocycles. The fourth-order valence-corrected chi connectivity index (χ4v) is 2.19. The van der Waals surface area contributed by atoms with Gasteiger partial charge in [0.1, 0.15) is 5.75 Å². The van der Waals surface area contributed by atoms with E-state index in [0.29, 0.717) is 17.9 Å². The van der Waals surface area contributed by atoms with Crippen LogP contribution in [0.1, 0.15) is 23.2 Å². The third kappa shape index (κ3) is 4.91. The number of nitrogens with two attached hydrogens (primary N) is 2. The van der Waals surface area contributed by atoms with Crippen molar-refractivity contribution in [3.8, 4) is 5.75 Å². The highest BCUT2D eigenvalue weighted by Crippen LogP contribution is 2.13. The van der Waals surface area contributed by atoms with Crippen LogP contribution >= 0.6 is 12.4 Å². The van der Waals surface area contributed by atoms with Crippen molar-refractivity contribution < 1.29 is 14.3 Å². The average Bonchev–Trinajstić information content (AvgIpc) is 2.45. The zero-order valence-corrected chi connectivity index (χ0v) is 12.5. The predicted octanol–water partition coefficient (Wildman–Crippen LogP) is 0.536. The molecule has 1 aliphatic rings. The van der Waals surface area contributed by atoms with E-state index in [2.05, 4.69) is 0 Å². The number of amides is 2. The number of carbonyl (C=O) groups is 2. The van der Waals surface area contributed by atoms with E-state index in [0.717, 1.165) is 19.4 Å². The van der Waals surface area contributed by atoms with Gasteiger partial charge >= 0.3 is 0 Å². The third-order valence-electron chi connectivity index (χ3n) is 3.31. The van der Waals surface area contributed by atoms with Gasteiger partial charge < -0.3 is 21.1 Å². The Morgan fingerprint density at radius 1 is 1.29 bits per heavy atom. The smallest absolute Gasteiger partial charge is 0.260 e. The van der Waals surface area contributed by atoms with Gasteiger partial charge in [-0.15, -0.1) is 12.4 Å². The maximum absolute atomic E-state index is 12.0. The van der Waals surface area contributed by atoms with Crippen LogP contribution in [0.4, 0.5) is 0 Å². The first-order valence-electron chi connectivity index (χ1n) is 6.62. The number of nitrogens with zero attached hydrogens (tertiary/aromatic N) is 1. The molecule has 7 heteroatoms. The van der Waals surface area contributed by atoms with Crippen LogP contribution < -0.4 is 16.2 Å². The molecule has 2 rings (SSSR count). The Kier molecular flexibility index (Phi) is 6.45. The highest BCUT2D eigenvalue weighted by atomic mass is 35.5. The Balaban J connectivity index is 0.00000220. The SMILES string of the molecule is Cl.NC(=O)c1ccc(OCC(=O)N2CCCC(N)C2)cc1. The lowest BCUT2D eigenvalue weighted by molar-refractivity contribution is -0.134. The molecule has 0 radical (unpaired) electrons. The van der Waals surface area contributed by atoms with E-state index in [1.54, 1.807) is 29.2 Å². The van der Waals surface area contributed by atoms with Gasteiger partial charge in [-0.05, 0) is 37.1 Å². The highest BCUT2D eigenvalue weighted by Gasteiger charge is 2.21. The second-order valence-corrected chi connectivity index (χ2v) is 4.92. The third-order valence-corrected chi connectivity index (χ3v) is 3.31. The van der Waals surface area contributed by atoms with Crippen LogP contribution in [-0.4, -0.2) is 42.5 Å². The molecule has 1 unspecified atom stereocenters. The first-order valence-corrected chi connectivity index (χ1v) is 6.62. The van der Waals surface area contributed by atoms with Gasteiger partial charge in [-0.2, -0.15) is 0 Å².